The zero-order valence-corrected chi connectivity index (χ0v) is 23.3. The number of likely N-dealkylation sites (N-methyl/N-ethyl adjacent to an activating group) is 2. The molecule has 3 nitrogen and oxygen atoms in total. The van der Waals surface area contributed by atoms with Crippen molar-refractivity contribution in [1.29, 1.82) is 0 Å². The van der Waals surface area contributed by atoms with E-state index < -0.39 is 0 Å². The van der Waals surface area contributed by atoms with Crippen molar-refractivity contribution < 1.29 is 51.9 Å². The summed E-state index contributed by atoms with van der Waals surface area (Å²) in [5.74, 6) is 0. The van der Waals surface area contributed by atoms with Crippen LogP contribution in [0.2, 0.25) is 0 Å². The van der Waals surface area contributed by atoms with Gasteiger partial charge in [0.1, 0.15) is 26.2 Å². The van der Waals surface area contributed by atoms with Gasteiger partial charge in [0.25, 0.3) is 0 Å². The maximum absolute atomic E-state index is 2.33. The summed E-state index contributed by atoms with van der Waals surface area (Å²) in [6.07, 6.45) is 14.5. The quantitative estimate of drug-likeness (QED) is 0.132. The molecule has 0 saturated heterocycles. The van der Waals surface area contributed by atoms with Crippen LogP contribution in [0.15, 0.2) is 0 Å². The second-order valence-electron chi connectivity index (χ2n) is 8.60. The van der Waals surface area contributed by atoms with Crippen LogP contribution in [0, 0.1) is 0 Å². The first-order valence-corrected chi connectivity index (χ1v) is 12.7. The Morgan fingerprint density at radius 2 is 0.633 bits per heavy atom. The lowest BCUT2D eigenvalue weighted by atomic mass is 10.1. The van der Waals surface area contributed by atoms with Gasteiger partial charge in [-0.05, 0) is 40.5 Å². The summed E-state index contributed by atoms with van der Waals surface area (Å²) < 4.78 is 0. The molecule has 0 aromatic rings. The van der Waals surface area contributed by atoms with Gasteiger partial charge in [-0.3, -0.25) is 0 Å². The third-order valence-electron chi connectivity index (χ3n) is 6.55. The smallest absolute Gasteiger partial charge is 0.127 e. The van der Waals surface area contributed by atoms with Crippen LogP contribution in [0.4, 0.5) is 0 Å². The lowest BCUT2D eigenvalue weighted by Crippen LogP contribution is -3.23. The van der Waals surface area contributed by atoms with Crippen LogP contribution < -0.4 is 51.9 Å². The minimum absolute atomic E-state index is 0. The van der Waals surface area contributed by atoms with Gasteiger partial charge >= 0.3 is 0 Å². The van der Waals surface area contributed by atoms with Crippen molar-refractivity contribution in [1.82, 2.24) is 0 Å². The van der Waals surface area contributed by atoms with Crippen molar-refractivity contribution in [3.05, 3.63) is 0 Å². The standard InChI is InChI=1S/C24H53N3.3ClH/c1-6-11-12-13-14-15-16-17-18-19-20-27(23-21-25(7-2)8-3)24-22-26(9-4)10-5;;;/h6-24H2,1-5H3;3*1H. The third-order valence-corrected chi connectivity index (χ3v) is 6.55. The Kier molecular flexibility index (Phi) is 37.7. The van der Waals surface area contributed by atoms with Crippen LogP contribution in [-0.2, 0) is 0 Å². The van der Waals surface area contributed by atoms with Gasteiger partial charge in [-0.25, -0.2) is 0 Å². The van der Waals surface area contributed by atoms with E-state index in [4.69, 9.17) is 0 Å². The Bertz CT molecular complexity index is 273. The van der Waals surface area contributed by atoms with E-state index in [-0.39, 0.29) is 37.2 Å². The minimum atomic E-state index is 0. The molecule has 0 bridgehead atoms. The van der Waals surface area contributed by atoms with Crippen LogP contribution in [0.1, 0.15) is 98.8 Å². The number of quaternary nitrogens is 3. The zero-order chi connectivity index (χ0) is 20.2. The molecule has 188 valence electrons. The van der Waals surface area contributed by atoms with Crippen LogP contribution in [0.5, 0.6) is 0 Å². The molecule has 0 atom stereocenters. The van der Waals surface area contributed by atoms with Gasteiger partial charge < -0.3 is 51.9 Å². The number of hydrogen-bond donors (Lipinski definition) is 3. The molecule has 0 radical (unpaired) electrons. The van der Waals surface area contributed by atoms with Crippen molar-refractivity contribution in [2.45, 2.75) is 98.8 Å². The Balaban J connectivity index is -0.00000113. The summed E-state index contributed by atoms with van der Waals surface area (Å²) in [5.41, 5.74) is 0. The first-order valence-electron chi connectivity index (χ1n) is 12.7. The van der Waals surface area contributed by atoms with Crippen LogP contribution in [0.3, 0.4) is 0 Å². The highest BCUT2D eigenvalue weighted by Crippen LogP contribution is 2.09. The van der Waals surface area contributed by atoms with E-state index in [1.54, 1.807) is 9.80 Å². The third kappa shape index (κ3) is 23.4. The number of halogens is 3. The monoisotopic (exact) mass is 491 g/mol. The predicted molar refractivity (Wildman–Crippen MR) is 121 cm³/mol. The highest BCUT2D eigenvalue weighted by molar-refractivity contribution is 4.47. The van der Waals surface area contributed by atoms with Gasteiger partial charge in [0.05, 0.1) is 32.7 Å². The second kappa shape index (κ2) is 29.8. The lowest BCUT2D eigenvalue weighted by Gasteiger charge is -2.24. The zero-order valence-electron chi connectivity index (χ0n) is 21.1. The molecular formula is C24H56Cl3N3. The van der Waals surface area contributed by atoms with E-state index in [1.165, 1.54) is 123 Å². The van der Waals surface area contributed by atoms with E-state index in [0.29, 0.717) is 0 Å². The largest absolute Gasteiger partial charge is 1.00 e. The van der Waals surface area contributed by atoms with Crippen molar-refractivity contribution in [2.24, 2.45) is 0 Å². The summed E-state index contributed by atoms with van der Waals surface area (Å²) in [6, 6.07) is 0. The highest BCUT2D eigenvalue weighted by atomic mass is 35.5. The molecule has 0 heterocycles. The fourth-order valence-electron chi connectivity index (χ4n) is 4.15. The topological polar surface area (TPSA) is 13.3 Å². The Morgan fingerprint density at radius 1 is 0.333 bits per heavy atom. The molecule has 6 heteroatoms. The normalized spacial score (nSPS) is 10.8. The molecule has 0 aliphatic carbocycles. The fraction of sp³-hybridized carbons (Fsp3) is 1.00. The second-order valence-corrected chi connectivity index (χ2v) is 8.60. The van der Waals surface area contributed by atoms with Crippen LogP contribution in [-0.4, -0.2) is 58.9 Å². The van der Waals surface area contributed by atoms with Crippen molar-refractivity contribution >= 4 is 0 Å². The van der Waals surface area contributed by atoms with E-state index in [9.17, 15) is 0 Å². The average molecular weight is 493 g/mol. The Hall–Kier alpha value is 0.750. The summed E-state index contributed by atoms with van der Waals surface area (Å²) in [7, 11) is 0. The van der Waals surface area contributed by atoms with Gasteiger partial charge in [-0.1, -0.05) is 58.3 Å². The van der Waals surface area contributed by atoms with Crippen molar-refractivity contribution in [3.8, 4) is 0 Å². The van der Waals surface area contributed by atoms with Crippen LogP contribution >= 0.6 is 0 Å². The number of hydrogen-bond acceptors (Lipinski definition) is 0. The predicted octanol–water partition coefficient (Wildman–Crippen LogP) is -7.35. The summed E-state index contributed by atoms with van der Waals surface area (Å²) >= 11 is 0. The molecule has 0 aromatic heterocycles. The first-order chi connectivity index (χ1) is 13.2. The molecule has 30 heavy (non-hydrogen) atoms. The van der Waals surface area contributed by atoms with E-state index in [1.807, 2.05) is 4.90 Å². The van der Waals surface area contributed by atoms with Crippen molar-refractivity contribution in [3.63, 3.8) is 0 Å². The number of rotatable bonds is 21. The molecule has 0 saturated carbocycles. The Morgan fingerprint density at radius 3 is 0.967 bits per heavy atom. The summed E-state index contributed by atoms with van der Waals surface area (Å²) in [4.78, 5) is 5.41. The van der Waals surface area contributed by atoms with Gasteiger partial charge in [-0.2, -0.15) is 0 Å². The van der Waals surface area contributed by atoms with Gasteiger partial charge in [0, 0.05) is 0 Å². The van der Waals surface area contributed by atoms with Gasteiger partial charge in [0.15, 0.2) is 0 Å². The van der Waals surface area contributed by atoms with Crippen molar-refractivity contribution in [2.75, 3.05) is 58.9 Å². The molecule has 0 aromatic carbocycles. The van der Waals surface area contributed by atoms with Gasteiger partial charge in [0.2, 0.25) is 0 Å². The molecule has 0 rings (SSSR count). The van der Waals surface area contributed by atoms with Gasteiger partial charge in [-0.15, -0.1) is 0 Å². The molecule has 0 spiro atoms. The average Bonchev–Trinajstić information content (AvgIpc) is 2.70. The minimum Gasteiger partial charge on any atom is -1.00 e. The maximum atomic E-state index is 2.33. The fourth-order valence-corrected chi connectivity index (χ4v) is 4.15. The first kappa shape index (κ1) is 38.0. The number of unbranched alkanes of at least 4 members (excludes halogenated alkanes) is 9. The van der Waals surface area contributed by atoms with E-state index >= 15 is 0 Å². The molecule has 0 fully saturated rings. The van der Waals surface area contributed by atoms with E-state index in [2.05, 4.69) is 34.6 Å². The SMILES string of the molecule is CCCCCCCCCCCC[NH+](CC[NH+](CC)CC)CC[NH+](CC)CC.[Cl-].[Cl-].[Cl-]. The molecule has 3 N–H and O–H groups in total. The van der Waals surface area contributed by atoms with E-state index in [0.717, 1.165) is 0 Å². The van der Waals surface area contributed by atoms with Crippen LogP contribution in [0.25, 0.3) is 0 Å². The lowest BCUT2D eigenvalue weighted by molar-refractivity contribution is -0.978. The molecule has 0 amide bonds. The number of nitrogens with one attached hydrogen (secondary N) is 3. The summed E-state index contributed by atoms with van der Waals surface area (Å²) in [6.45, 7) is 23.6. The molecule has 0 unspecified atom stereocenters. The summed E-state index contributed by atoms with van der Waals surface area (Å²) in [5, 5.41) is 0. The molecule has 0 aliphatic rings. The molecule has 0 aliphatic heterocycles. The molecular weight excluding hydrogens is 437 g/mol. The maximum Gasteiger partial charge on any atom is 0.127 e. The Labute approximate surface area is 209 Å². The highest BCUT2D eigenvalue weighted by Gasteiger charge is 2.15.